The Morgan fingerprint density at radius 3 is 1.28 bits per heavy atom. The Bertz CT molecular complexity index is 1870. The molecule has 11 nitrogen and oxygen atoms in total. The maximum absolute atomic E-state index is 10.8. The van der Waals surface area contributed by atoms with Gasteiger partial charge in [-0.1, -0.05) is 132 Å². The quantitative estimate of drug-likeness (QED) is 0.0580. The highest BCUT2D eigenvalue weighted by Gasteiger charge is 2.16. The summed E-state index contributed by atoms with van der Waals surface area (Å²) in [4.78, 5) is 92.8. The van der Waals surface area contributed by atoms with E-state index in [4.69, 9.17) is 23.2 Å². The number of carbonyl (C=O) groups excluding carboxylic acids is 8. The van der Waals surface area contributed by atoms with Crippen molar-refractivity contribution in [2.45, 2.75) is 186 Å². The van der Waals surface area contributed by atoms with Gasteiger partial charge in [0, 0.05) is 59.0 Å². The zero-order valence-electron chi connectivity index (χ0n) is 43.1. The molecule has 0 heterocycles. The van der Waals surface area contributed by atoms with Crippen molar-refractivity contribution in [1.82, 2.24) is 0 Å². The average molecular weight is 987 g/mol. The van der Waals surface area contributed by atoms with Gasteiger partial charge < -0.3 is 19.2 Å². The van der Waals surface area contributed by atoms with E-state index >= 15 is 0 Å². The molecule has 3 aromatic rings. The Morgan fingerprint density at radius 1 is 0.544 bits per heavy atom. The van der Waals surface area contributed by atoms with E-state index in [1.807, 2.05) is 37.3 Å². The van der Waals surface area contributed by atoms with Crippen LogP contribution in [0.15, 0.2) is 72.8 Å². The van der Waals surface area contributed by atoms with Gasteiger partial charge in [-0.3, -0.25) is 29.3 Å². The van der Waals surface area contributed by atoms with Crippen molar-refractivity contribution >= 4 is 75.2 Å². The van der Waals surface area contributed by atoms with E-state index < -0.39 is 4.92 Å². The van der Waals surface area contributed by atoms with Crippen LogP contribution in [0.4, 0.5) is 5.69 Å². The Morgan fingerprint density at radius 2 is 0.956 bits per heavy atom. The largest absolute Gasteiger partial charge is 0.300 e. The second kappa shape index (κ2) is 45.8. The van der Waals surface area contributed by atoms with Crippen LogP contribution in [0.5, 0.6) is 0 Å². The third-order valence-electron chi connectivity index (χ3n) is 9.42. The van der Waals surface area contributed by atoms with Gasteiger partial charge in [-0.2, -0.15) is 0 Å². The number of hydrogen-bond donors (Lipinski definition) is 0. The van der Waals surface area contributed by atoms with Gasteiger partial charge in [0.05, 0.1) is 9.95 Å². The van der Waals surface area contributed by atoms with Crippen LogP contribution in [-0.4, -0.2) is 51.2 Å². The summed E-state index contributed by atoms with van der Waals surface area (Å²) >= 11 is 11.3. The predicted molar refractivity (Wildman–Crippen MR) is 279 cm³/mol. The standard InChI is InChI=1S/C9H18O.C8H6Cl2O.C8H7NO3.C8H14O.C8H8O.C7H14O.C4H8O.C3H6O/c1-3-4-5-6-7-8-9(2)10;1-5(11)7-3-2-6(9)4-8(7)10;1-6(10)7-2-4-8(5-3-7)9(11)12;2*1-7(9)8-5-3-2-4-6-8;1-3-4-5-6-7(2)8;1-3-4(2)5;1-3(2)4/h3-8H2,1-2H3;2-4H,1H3;2-5H,1H3;8H,2-6H2,1H3;2-6H,1H3;3-6H2,1-2H3;3H2,1-2H3;1-2H3. The van der Waals surface area contributed by atoms with E-state index in [0.717, 1.165) is 44.1 Å². The summed E-state index contributed by atoms with van der Waals surface area (Å²) in [5.74, 6) is 1.86. The first kappa shape index (κ1) is 69.6. The number of carbonyl (C=O) groups is 8. The number of rotatable bonds is 16. The lowest BCUT2D eigenvalue weighted by Crippen LogP contribution is -2.13. The Kier molecular flexibility index (Phi) is 46.8. The Balaban J connectivity index is -0.000000350. The molecular weight excluding hydrogens is 906 g/mol. The molecule has 0 aliphatic heterocycles. The van der Waals surface area contributed by atoms with E-state index in [1.165, 1.54) is 110 Å². The van der Waals surface area contributed by atoms with Crippen LogP contribution in [-0.2, 0) is 24.0 Å². The lowest BCUT2D eigenvalue weighted by molar-refractivity contribution is -0.384. The lowest BCUT2D eigenvalue weighted by atomic mass is 9.87. The van der Waals surface area contributed by atoms with Gasteiger partial charge in [0.1, 0.15) is 28.9 Å². The van der Waals surface area contributed by atoms with E-state index in [2.05, 4.69) is 13.8 Å². The first-order valence-corrected chi connectivity index (χ1v) is 24.4. The molecule has 0 radical (unpaired) electrons. The van der Waals surface area contributed by atoms with Crippen molar-refractivity contribution in [3.8, 4) is 0 Å². The monoisotopic (exact) mass is 986 g/mol. The molecule has 380 valence electrons. The maximum atomic E-state index is 10.8. The second-order valence-corrected chi connectivity index (χ2v) is 17.2. The molecule has 0 amide bonds. The molecule has 1 aliphatic rings. The van der Waals surface area contributed by atoms with Gasteiger partial charge in [-0.05, 0) is 118 Å². The molecule has 68 heavy (non-hydrogen) atoms. The van der Waals surface area contributed by atoms with Gasteiger partial charge in [0.25, 0.3) is 5.69 Å². The number of halogens is 2. The number of nitrogens with zero attached hydrogens (tertiary/aromatic N) is 1. The topological polar surface area (TPSA) is 180 Å². The summed E-state index contributed by atoms with van der Waals surface area (Å²) in [7, 11) is 0. The minimum atomic E-state index is -0.496. The molecule has 3 aromatic carbocycles. The first-order valence-electron chi connectivity index (χ1n) is 23.6. The minimum Gasteiger partial charge on any atom is -0.300 e. The first-order chi connectivity index (χ1) is 31.9. The summed E-state index contributed by atoms with van der Waals surface area (Å²) in [6.45, 7) is 20.3. The van der Waals surface area contributed by atoms with Gasteiger partial charge in [-0.25, -0.2) is 0 Å². The summed E-state index contributed by atoms with van der Waals surface area (Å²) in [5, 5.41) is 11.2. The fraction of sp³-hybridized carbons (Fsp3) is 0.527. The zero-order chi connectivity index (χ0) is 53.0. The number of ketones is 8. The number of Topliss-reactive ketones (excluding diaryl/α,β-unsaturated/α-hetero) is 8. The SMILES string of the molecule is CC(=O)C1CCCCC1.CC(=O)c1ccc(Cl)cc1Cl.CC(=O)c1ccc([N+](=O)[O-])cc1.CC(=O)c1ccccc1.CC(C)=O.CCC(C)=O.CCCCCC(C)=O.CCCCCCCC(C)=O. The van der Waals surface area contributed by atoms with Gasteiger partial charge in [0.15, 0.2) is 17.3 Å². The third kappa shape index (κ3) is 47.5. The molecule has 0 bridgehead atoms. The average Bonchev–Trinajstić information content (AvgIpc) is 3.28. The van der Waals surface area contributed by atoms with Crippen molar-refractivity contribution in [2.24, 2.45) is 5.92 Å². The van der Waals surface area contributed by atoms with E-state index in [9.17, 15) is 48.5 Å². The summed E-state index contributed by atoms with van der Waals surface area (Å²) < 4.78 is 0. The second-order valence-electron chi connectivity index (χ2n) is 16.4. The van der Waals surface area contributed by atoms with Crippen LogP contribution in [0.3, 0.4) is 0 Å². The highest BCUT2D eigenvalue weighted by Crippen LogP contribution is 2.24. The molecule has 0 N–H and O–H groups in total. The fourth-order valence-corrected chi connectivity index (χ4v) is 5.92. The van der Waals surface area contributed by atoms with Gasteiger partial charge >= 0.3 is 0 Å². The van der Waals surface area contributed by atoms with Gasteiger partial charge in [0.2, 0.25) is 0 Å². The summed E-state index contributed by atoms with van der Waals surface area (Å²) in [6, 6.07) is 19.6. The fourth-order valence-electron chi connectivity index (χ4n) is 5.38. The Labute approximate surface area is 418 Å². The summed E-state index contributed by atoms with van der Waals surface area (Å²) in [6.07, 6.45) is 18.1. The molecule has 1 aliphatic carbocycles. The van der Waals surface area contributed by atoms with Crippen molar-refractivity contribution in [3.63, 3.8) is 0 Å². The minimum absolute atomic E-state index is 0.000000000000000222. The number of non-ortho nitro benzene ring substituents is 1. The predicted octanol–water partition coefficient (Wildman–Crippen LogP) is 15.7. The van der Waals surface area contributed by atoms with Crippen LogP contribution in [0.1, 0.15) is 217 Å². The van der Waals surface area contributed by atoms with Crippen molar-refractivity contribution in [1.29, 1.82) is 0 Å². The molecule has 4 rings (SSSR count). The number of nitro benzene ring substituents is 1. The smallest absolute Gasteiger partial charge is 0.269 e. The molecule has 0 spiro atoms. The number of unbranched alkanes of at least 4 members (excludes halogenated alkanes) is 6. The molecule has 0 atom stereocenters. The zero-order valence-corrected chi connectivity index (χ0v) is 44.6. The van der Waals surface area contributed by atoms with Crippen LogP contribution in [0.25, 0.3) is 0 Å². The molecule has 0 aromatic heterocycles. The van der Waals surface area contributed by atoms with Crippen LogP contribution < -0.4 is 0 Å². The maximum Gasteiger partial charge on any atom is 0.269 e. The summed E-state index contributed by atoms with van der Waals surface area (Å²) in [5.41, 5.74) is 1.77. The van der Waals surface area contributed by atoms with E-state index in [1.54, 1.807) is 52.8 Å². The third-order valence-corrected chi connectivity index (χ3v) is 9.97. The molecular formula is C55H81Cl2NO10. The van der Waals surface area contributed by atoms with Crippen molar-refractivity contribution in [3.05, 3.63) is 110 Å². The molecule has 0 saturated heterocycles. The van der Waals surface area contributed by atoms with E-state index in [0.29, 0.717) is 50.9 Å². The molecule has 1 saturated carbocycles. The molecule has 13 heteroatoms. The van der Waals surface area contributed by atoms with Gasteiger partial charge in [-0.15, -0.1) is 0 Å². The highest BCUT2D eigenvalue weighted by atomic mass is 35.5. The van der Waals surface area contributed by atoms with Crippen LogP contribution in [0.2, 0.25) is 10.0 Å². The van der Waals surface area contributed by atoms with Crippen molar-refractivity contribution < 1.29 is 43.3 Å². The highest BCUT2D eigenvalue weighted by molar-refractivity contribution is 6.36. The van der Waals surface area contributed by atoms with Crippen LogP contribution in [0, 0.1) is 16.0 Å². The molecule has 1 fully saturated rings. The van der Waals surface area contributed by atoms with Crippen LogP contribution >= 0.6 is 23.2 Å². The normalized spacial score (nSPS) is 10.8. The number of benzene rings is 3. The molecule has 0 unspecified atom stereocenters. The Hall–Kier alpha value is -5.00. The number of hydrogen-bond acceptors (Lipinski definition) is 10. The van der Waals surface area contributed by atoms with E-state index in [-0.39, 0.29) is 34.6 Å². The lowest BCUT2D eigenvalue weighted by Gasteiger charge is -2.17. The number of nitro groups is 1. The van der Waals surface area contributed by atoms with Crippen molar-refractivity contribution in [2.75, 3.05) is 0 Å².